The highest BCUT2D eigenvalue weighted by Gasteiger charge is 2.26. The van der Waals surface area contributed by atoms with Gasteiger partial charge in [0, 0.05) is 31.6 Å². The number of amides is 1. The largest absolute Gasteiger partial charge is 0.383 e. The number of nitrogens with zero attached hydrogens (tertiary/aromatic N) is 3. The molecule has 1 aromatic heterocycles. The van der Waals surface area contributed by atoms with Gasteiger partial charge >= 0.3 is 0 Å². The van der Waals surface area contributed by atoms with Crippen LogP contribution in [0.15, 0.2) is 6.33 Å². The number of hydrogen-bond donors (Lipinski definition) is 2. The number of nitrogens with one attached hydrogen (secondary N) is 1. The molecule has 0 unspecified atom stereocenters. The topological polar surface area (TPSA) is 84.1 Å². The number of rotatable bonds is 3. The number of hydrogen-bond acceptors (Lipinski definition) is 5. The van der Waals surface area contributed by atoms with Crippen LogP contribution in [0.1, 0.15) is 25.3 Å². The Hall–Kier alpha value is -1.85. The van der Waals surface area contributed by atoms with E-state index in [2.05, 4.69) is 27.1 Å². The van der Waals surface area contributed by atoms with Crippen molar-refractivity contribution in [3.63, 3.8) is 0 Å². The van der Waals surface area contributed by atoms with E-state index in [1.807, 2.05) is 0 Å². The van der Waals surface area contributed by atoms with Crippen LogP contribution in [-0.4, -0.2) is 36.0 Å². The Balaban J connectivity index is 2.10. The van der Waals surface area contributed by atoms with Crippen LogP contribution in [0.2, 0.25) is 0 Å². The van der Waals surface area contributed by atoms with Gasteiger partial charge in [0.15, 0.2) is 0 Å². The van der Waals surface area contributed by atoms with Crippen LogP contribution < -0.4 is 16.0 Å². The Morgan fingerprint density at radius 2 is 2.16 bits per heavy atom. The van der Waals surface area contributed by atoms with Gasteiger partial charge in [0.25, 0.3) is 0 Å². The summed E-state index contributed by atoms with van der Waals surface area (Å²) in [5, 5.41) is 2.72. The minimum Gasteiger partial charge on any atom is -0.383 e. The van der Waals surface area contributed by atoms with Crippen LogP contribution in [-0.2, 0) is 11.2 Å². The molecular formula is C13H21N5O. The standard InChI is InChI=1S/C13H21N5O/c1-3-10-11(14)16-8-17-12(10)18-6-4-9(5-7-18)13(19)15-2/h8-9H,3-7H2,1-2H3,(H,15,19)(H2,14,16,17). The molecule has 2 heterocycles. The van der Waals surface area contributed by atoms with Gasteiger partial charge in [0.05, 0.1) is 0 Å². The summed E-state index contributed by atoms with van der Waals surface area (Å²) >= 11 is 0. The fraction of sp³-hybridized carbons (Fsp3) is 0.615. The molecule has 0 radical (unpaired) electrons. The lowest BCUT2D eigenvalue weighted by Crippen LogP contribution is -2.40. The first-order valence-electron chi connectivity index (χ1n) is 6.73. The molecule has 6 nitrogen and oxygen atoms in total. The van der Waals surface area contributed by atoms with Gasteiger partial charge < -0.3 is 16.0 Å². The molecule has 0 aliphatic carbocycles. The van der Waals surface area contributed by atoms with Crippen molar-refractivity contribution in [3.05, 3.63) is 11.9 Å². The summed E-state index contributed by atoms with van der Waals surface area (Å²) in [6.07, 6.45) is 4.03. The van der Waals surface area contributed by atoms with Crippen molar-refractivity contribution in [2.24, 2.45) is 5.92 Å². The number of carbonyl (C=O) groups excluding carboxylic acids is 1. The molecule has 3 N–H and O–H groups in total. The summed E-state index contributed by atoms with van der Waals surface area (Å²) in [5.41, 5.74) is 6.89. The predicted molar refractivity (Wildman–Crippen MR) is 74.8 cm³/mol. The highest BCUT2D eigenvalue weighted by Crippen LogP contribution is 2.26. The molecule has 0 bridgehead atoms. The molecule has 0 aromatic carbocycles. The molecule has 1 fully saturated rings. The normalized spacial score (nSPS) is 16.4. The van der Waals surface area contributed by atoms with Crippen molar-refractivity contribution in [3.8, 4) is 0 Å². The van der Waals surface area contributed by atoms with E-state index in [0.717, 1.165) is 43.7 Å². The monoisotopic (exact) mass is 263 g/mol. The van der Waals surface area contributed by atoms with Gasteiger partial charge in [0.2, 0.25) is 5.91 Å². The lowest BCUT2D eigenvalue weighted by molar-refractivity contribution is -0.125. The highest BCUT2D eigenvalue weighted by atomic mass is 16.1. The lowest BCUT2D eigenvalue weighted by atomic mass is 9.95. The van der Waals surface area contributed by atoms with Crippen molar-refractivity contribution in [2.75, 3.05) is 30.8 Å². The number of aromatic nitrogens is 2. The quantitative estimate of drug-likeness (QED) is 0.833. The summed E-state index contributed by atoms with van der Waals surface area (Å²) in [4.78, 5) is 22.2. The summed E-state index contributed by atoms with van der Waals surface area (Å²) < 4.78 is 0. The van der Waals surface area contributed by atoms with Gasteiger partial charge in [-0.3, -0.25) is 4.79 Å². The molecule has 0 saturated carbocycles. The van der Waals surface area contributed by atoms with Gasteiger partial charge in [-0.25, -0.2) is 9.97 Å². The zero-order valence-corrected chi connectivity index (χ0v) is 11.5. The highest BCUT2D eigenvalue weighted by molar-refractivity contribution is 5.78. The van der Waals surface area contributed by atoms with Crippen LogP contribution in [0.5, 0.6) is 0 Å². The third-order valence-corrected chi connectivity index (χ3v) is 3.72. The Labute approximate surface area is 113 Å². The number of nitrogens with two attached hydrogens (primary N) is 1. The molecule has 104 valence electrons. The van der Waals surface area contributed by atoms with Crippen LogP contribution in [0.25, 0.3) is 0 Å². The number of piperidine rings is 1. The van der Waals surface area contributed by atoms with Gasteiger partial charge in [-0.05, 0) is 19.3 Å². The van der Waals surface area contributed by atoms with E-state index < -0.39 is 0 Å². The molecule has 0 spiro atoms. The minimum atomic E-state index is 0.116. The zero-order valence-electron chi connectivity index (χ0n) is 11.5. The van der Waals surface area contributed by atoms with E-state index in [9.17, 15) is 4.79 Å². The van der Waals surface area contributed by atoms with E-state index >= 15 is 0 Å². The third-order valence-electron chi connectivity index (χ3n) is 3.72. The molecule has 1 aliphatic heterocycles. The summed E-state index contributed by atoms with van der Waals surface area (Å²) in [7, 11) is 1.69. The minimum absolute atomic E-state index is 0.116. The van der Waals surface area contributed by atoms with Crippen LogP contribution in [0.4, 0.5) is 11.6 Å². The number of nitrogen functional groups attached to an aromatic ring is 1. The Morgan fingerprint density at radius 1 is 1.47 bits per heavy atom. The van der Waals surface area contributed by atoms with Crippen molar-refractivity contribution in [2.45, 2.75) is 26.2 Å². The van der Waals surface area contributed by atoms with Crippen molar-refractivity contribution < 1.29 is 4.79 Å². The molecule has 0 atom stereocenters. The van der Waals surface area contributed by atoms with E-state index in [1.165, 1.54) is 6.33 Å². The Bertz CT molecular complexity index is 454. The second kappa shape index (κ2) is 5.86. The van der Waals surface area contributed by atoms with Crippen LogP contribution in [0.3, 0.4) is 0 Å². The molecular weight excluding hydrogens is 242 g/mol. The summed E-state index contributed by atoms with van der Waals surface area (Å²) in [6.45, 7) is 3.72. The van der Waals surface area contributed by atoms with E-state index in [1.54, 1.807) is 7.05 Å². The number of anilines is 2. The lowest BCUT2D eigenvalue weighted by Gasteiger charge is -2.33. The van der Waals surface area contributed by atoms with Gasteiger partial charge in [0.1, 0.15) is 18.0 Å². The first-order chi connectivity index (χ1) is 9.17. The predicted octanol–water partition coefficient (Wildman–Crippen LogP) is 0.584. The first kappa shape index (κ1) is 13.6. The molecule has 2 rings (SSSR count). The second-order valence-corrected chi connectivity index (χ2v) is 4.79. The van der Waals surface area contributed by atoms with Crippen molar-refractivity contribution in [1.82, 2.24) is 15.3 Å². The molecule has 19 heavy (non-hydrogen) atoms. The average Bonchev–Trinajstić information content (AvgIpc) is 2.46. The SMILES string of the molecule is CCc1c(N)ncnc1N1CCC(C(=O)NC)CC1. The summed E-state index contributed by atoms with van der Waals surface area (Å²) in [5.74, 6) is 1.73. The van der Waals surface area contributed by atoms with Gasteiger partial charge in [-0.2, -0.15) is 0 Å². The van der Waals surface area contributed by atoms with E-state index in [0.29, 0.717) is 5.82 Å². The average molecular weight is 263 g/mol. The van der Waals surface area contributed by atoms with Gasteiger partial charge in [-0.15, -0.1) is 0 Å². The fourth-order valence-electron chi connectivity index (χ4n) is 2.59. The third kappa shape index (κ3) is 2.77. The van der Waals surface area contributed by atoms with Crippen LogP contribution in [0, 0.1) is 5.92 Å². The fourth-order valence-corrected chi connectivity index (χ4v) is 2.59. The zero-order chi connectivity index (χ0) is 13.8. The maximum absolute atomic E-state index is 11.6. The molecule has 1 aliphatic rings. The smallest absolute Gasteiger partial charge is 0.222 e. The van der Waals surface area contributed by atoms with E-state index in [4.69, 9.17) is 5.73 Å². The van der Waals surface area contributed by atoms with E-state index in [-0.39, 0.29) is 11.8 Å². The maximum atomic E-state index is 11.6. The molecule has 6 heteroatoms. The van der Waals surface area contributed by atoms with Crippen molar-refractivity contribution >= 4 is 17.5 Å². The maximum Gasteiger partial charge on any atom is 0.222 e. The summed E-state index contributed by atoms with van der Waals surface area (Å²) in [6, 6.07) is 0. The van der Waals surface area contributed by atoms with Gasteiger partial charge in [-0.1, -0.05) is 6.92 Å². The second-order valence-electron chi connectivity index (χ2n) is 4.79. The number of carbonyl (C=O) groups is 1. The molecule has 1 saturated heterocycles. The first-order valence-corrected chi connectivity index (χ1v) is 6.73. The Morgan fingerprint density at radius 3 is 2.74 bits per heavy atom. The van der Waals surface area contributed by atoms with Crippen molar-refractivity contribution in [1.29, 1.82) is 0 Å². The molecule has 1 amide bonds. The Kier molecular flexibility index (Phi) is 4.19. The van der Waals surface area contributed by atoms with Crippen LogP contribution >= 0.6 is 0 Å². The molecule has 1 aromatic rings.